The summed E-state index contributed by atoms with van der Waals surface area (Å²) in [4.78, 5) is 9.99. The van der Waals surface area contributed by atoms with Gasteiger partial charge >= 0.3 is 5.97 Å². The highest BCUT2D eigenvalue weighted by atomic mass is 16.5. The van der Waals surface area contributed by atoms with E-state index in [9.17, 15) is 4.79 Å². The van der Waals surface area contributed by atoms with Crippen molar-refractivity contribution in [1.29, 1.82) is 0 Å². The van der Waals surface area contributed by atoms with Gasteiger partial charge in [-0.15, -0.1) is 0 Å². The van der Waals surface area contributed by atoms with Gasteiger partial charge in [0.25, 0.3) is 0 Å². The first-order valence-corrected chi connectivity index (χ1v) is 1.77. The zero-order valence-electron chi connectivity index (χ0n) is 3.97. The molecule has 0 fully saturated rings. The second-order valence-corrected chi connectivity index (χ2v) is 0.828. The van der Waals surface area contributed by atoms with Crippen LogP contribution in [0.2, 0.25) is 0 Å². The van der Waals surface area contributed by atoms with Gasteiger partial charge < -0.3 is 4.74 Å². The Hall–Kier alpha value is -0.970. The highest BCUT2D eigenvalue weighted by molar-refractivity contribution is 5.78. The van der Waals surface area contributed by atoms with Crippen LogP contribution >= 0.6 is 0 Å². The van der Waals surface area contributed by atoms with Gasteiger partial charge in [-0.2, -0.15) is 0 Å². The quantitative estimate of drug-likeness (QED) is 0.348. The predicted molar refractivity (Wildman–Crippen MR) is 24.9 cm³/mol. The lowest BCUT2D eigenvalue weighted by molar-refractivity contribution is -0.132. The fourth-order valence-electron chi connectivity index (χ4n) is 0.117. The van der Waals surface area contributed by atoms with Gasteiger partial charge in [0, 0.05) is 0 Å². The predicted octanol–water partition coefficient (Wildman–Crippen LogP) is 0.344. The van der Waals surface area contributed by atoms with E-state index in [1.54, 1.807) is 13.0 Å². The summed E-state index contributed by atoms with van der Waals surface area (Å²) in [5, 5.41) is 0. The molecule has 0 N–H and O–H groups in total. The lowest BCUT2D eigenvalue weighted by atomic mass is 10.5. The molecule has 0 aromatic rings. The van der Waals surface area contributed by atoms with Crippen LogP contribution in [0.4, 0.5) is 0 Å². The van der Waals surface area contributed by atoms with Crippen molar-refractivity contribution < 1.29 is 9.53 Å². The van der Waals surface area contributed by atoms with Crippen molar-refractivity contribution in [3.63, 3.8) is 0 Å². The van der Waals surface area contributed by atoms with Gasteiger partial charge in [0.2, 0.25) is 0 Å². The van der Waals surface area contributed by atoms with Gasteiger partial charge in [0.15, 0.2) is 0 Å². The van der Waals surface area contributed by atoms with Crippen molar-refractivity contribution in [1.82, 2.24) is 0 Å². The van der Waals surface area contributed by atoms with Gasteiger partial charge in [0.1, 0.15) is 6.11 Å². The minimum atomic E-state index is -0.484. The molecule has 0 aromatic carbocycles. The molecule has 0 spiro atoms. The average Bonchev–Trinajstić information content (AvgIpc) is 1.68. The van der Waals surface area contributed by atoms with E-state index in [4.69, 9.17) is 0 Å². The standard InChI is InChI=1S/C5H5O2/c1-3-5(6)7-4-2/h2-3H,1H3. The zero-order valence-corrected chi connectivity index (χ0v) is 3.97. The van der Waals surface area contributed by atoms with E-state index in [0.29, 0.717) is 0 Å². The third-order valence-corrected chi connectivity index (χ3v) is 0.395. The van der Waals surface area contributed by atoms with Gasteiger partial charge in [-0.1, -0.05) is 13.3 Å². The first kappa shape index (κ1) is 6.03. The first-order chi connectivity index (χ1) is 3.31. The monoisotopic (exact) mass is 97.0 g/mol. The molecule has 0 aliphatic heterocycles. The van der Waals surface area contributed by atoms with Crippen LogP contribution in [0.1, 0.15) is 6.92 Å². The van der Waals surface area contributed by atoms with Crippen molar-refractivity contribution in [3.8, 4) is 12.5 Å². The van der Waals surface area contributed by atoms with Crippen molar-refractivity contribution in [2.24, 2.45) is 0 Å². The van der Waals surface area contributed by atoms with Crippen LogP contribution < -0.4 is 0 Å². The number of rotatable bonds is 1. The Morgan fingerprint density at radius 1 is 2.00 bits per heavy atom. The Morgan fingerprint density at radius 2 is 2.57 bits per heavy atom. The Morgan fingerprint density at radius 3 is 2.71 bits per heavy atom. The second-order valence-electron chi connectivity index (χ2n) is 0.828. The van der Waals surface area contributed by atoms with E-state index in [0.717, 1.165) is 0 Å². The van der Waals surface area contributed by atoms with Crippen molar-refractivity contribution >= 4 is 5.97 Å². The summed E-state index contributed by atoms with van der Waals surface area (Å²) in [6, 6.07) is 0. The summed E-state index contributed by atoms with van der Waals surface area (Å²) in [5.74, 6) is -0.484. The summed E-state index contributed by atoms with van der Waals surface area (Å²) in [5.41, 5.74) is 0. The topological polar surface area (TPSA) is 26.3 Å². The normalized spacial score (nSPS) is 6.86. The maximum Gasteiger partial charge on any atom is 0.323 e. The number of terminal acetylenes is 1. The molecular weight excluding hydrogens is 92.1 g/mol. The van der Waals surface area contributed by atoms with Gasteiger partial charge in [-0.3, -0.25) is 4.79 Å². The van der Waals surface area contributed by atoms with Gasteiger partial charge in [0.05, 0.1) is 6.42 Å². The average molecular weight is 97.1 g/mol. The van der Waals surface area contributed by atoms with Crippen LogP contribution in [0.25, 0.3) is 0 Å². The molecule has 2 heteroatoms. The number of hydrogen-bond acceptors (Lipinski definition) is 2. The van der Waals surface area contributed by atoms with Crippen molar-refractivity contribution in [3.05, 3.63) is 6.42 Å². The zero-order chi connectivity index (χ0) is 5.70. The molecule has 0 atom stereocenters. The summed E-state index contributed by atoms with van der Waals surface area (Å²) >= 11 is 0. The molecule has 0 bridgehead atoms. The van der Waals surface area contributed by atoms with Crippen molar-refractivity contribution in [2.45, 2.75) is 6.92 Å². The Balaban J connectivity index is 3.23. The van der Waals surface area contributed by atoms with Gasteiger partial charge in [-0.25, -0.2) is 0 Å². The minimum absolute atomic E-state index is 0.484. The third-order valence-electron chi connectivity index (χ3n) is 0.395. The summed E-state index contributed by atoms with van der Waals surface area (Å²) in [6.07, 6.45) is 7.58. The van der Waals surface area contributed by atoms with Crippen LogP contribution in [0, 0.1) is 19.0 Å². The minimum Gasteiger partial charge on any atom is -0.372 e. The van der Waals surface area contributed by atoms with E-state index in [-0.39, 0.29) is 0 Å². The molecule has 0 saturated heterocycles. The molecule has 2 nitrogen and oxygen atoms in total. The van der Waals surface area contributed by atoms with Crippen LogP contribution in [0.15, 0.2) is 0 Å². The Bertz CT molecular complexity index is 99.1. The Kier molecular flexibility index (Phi) is 2.78. The number of carbonyl (C=O) groups excluding carboxylic acids is 1. The molecule has 1 radical (unpaired) electrons. The first-order valence-electron chi connectivity index (χ1n) is 1.77. The smallest absolute Gasteiger partial charge is 0.323 e. The molecule has 0 rings (SSSR count). The number of ether oxygens (including phenoxy) is 1. The molecule has 0 amide bonds. The van der Waals surface area contributed by atoms with E-state index < -0.39 is 5.97 Å². The van der Waals surface area contributed by atoms with Crippen LogP contribution in [-0.2, 0) is 9.53 Å². The molecule has 0 aromatic heterocycles. The fraction of sp³-hybridized carbons (Fsp3) is 0.200. The molecule has 0 unspecified atom stereocenters. The van der Waals surface area contributed by atoms with Gasteiger partial charge in [-0.05, 0) is 0 Å². The molecule has 37 valence electrons. The molecule has 0 saturated carbocycles. The fourth-order valence-corrected chi connectivity index (χ4v) is 0.117. The molecule has 7 heavy (non-hydrogen) atoms. The number of esters is 1. The summed E-state index contributed by atoms with van der Waals surface area (Å²) in [6.45, 7) is 1.56. The van der Waals surface area contributed by atoms with E-state index in [1.165, 1.54) is 6.42 Å². The SMILES string of the molecule is C#COC(=O)[CH]C. The van der Waals surface area contributed by atoms with Crippen LogP contribution in [-0.4, -0.2) is 5.97 Å². The maximum atomic E-state index is 9.99. The molecule has 0 aliphatic rings. The highest BCUT2D eigenvalue weighted by Crippen LogP contribution is 1.76. The molecule has 0 aliphatic carbocycles. The Labute approximate surface area is 42.5 Å². The third kappa shape index (κ3) is 2.84. The summed E-state index contributed by atoms with van der Waals surface area (Å²) in [7, 11) is 0. The molecule has 0 heterocycles. The van der Waals surface area contributed by atoms with Crippen LogP contribution in [0.5, 0.6) is 0 Å². The molecular formula is C5H5O2. The maximum absolute atomic E-state index is 9.99. The summed E-state index contributed by atoms with van der Waals surface area (Å²) < 4.78 is 4.02. The highest BCUT2D eigenvalue weighted by Gasteiger charge is 1.91. The van der Waals surface area contributed by atoms with Crippen LogP contribution in [0.3, 0.4) is 0 Å². The van der Waals surface area contributed by atoms with E-state index in [1.807, 2.05) is 0 Å². The van der Waals surface area contributed by atoms with E-state index in [2.05, 4.69) is 11.2 Å². The largest absolute Gasteiger partial charge is 0.372 e. The van der Waals surface area contributed by atoms with E-state index >= 15 is 0 Å². The lowest BCUT2D eigenvalue weighted by Crippen LogP contribution is -1.95. The second kappa shape index (κ2) is 3.23. The number of carbonyl (C=O) groups is 1. The number of hydrogen-bond donors (Lipinski definition) is 0. The lowest BCUT2D eigenvalue weighted by Gasteiger charge is -1.84. The van der Waals surface area contributed by atoms with Crippen molar-refractivity contribution in [2.75, 3.05) is 0 Å².